The third-order valence-corrected chi connectivity index (χ3v) is 5.73. The van der Waals surface area contributed by atoms with Crippen LogP contribution >= 0.6 is 0 Å². The summed E-state index contributed by atoms with van der Waals surface area (Å²) in [7, 11) is 0. The topological polar surface area (TPSA) is 24.4 Å². The summed E-state index contributed by atoms with van der Waals surface area (Å²) < 4.78 is 0. The largest absolute Gasteiger partial charge is 2.00 e. The summed E-state index contributed by atoms with van der Waals surface area (Å²) in [6.07, 6.45) is 6.09. The van der Waals surface area contributed by atoms with E-state index in [9.17, 15) is 0 Å². The Kier molecular flexibility index (Phi) is 15.6. The Labute approximate surface area is 231 Å². The zero-order valence-corrected chi connectivity index (χ0v) is 24.1. The Morgan fingerprint density at radius 1 is 0.697 bits per heavy atom. The summed E-state index contributed by atoms with van der Waals surface area (Å²) >= 11 is 0. The van der Waals surface area contributed by atoms with Crippen molar-refractivity contribution in [3.05, 3.63) is 94.0 Å². The van der Waals surface area contributed by atoms with E-state index in [-0.39, 0.29) is 50.5 Å². The minimum Gasteiger partial charge on any atom is -1.00 e. The Balaban J connectivity index is 0.00000341. The normalized spacial score (nSPS) is 10.2. The molecule has 0 spiro atoms. The SMILES string of the molecule is CCc1cccc(CC)c1N=Cc1cccc(CNc2c(CC)cccc2CC)c1.[Br-].[Br-].[Ni+2]. The average Bonchev–Trinajstić information content (AvgIpc) is 2.80. The molecular weight excluding hydrogens is 583 g/mol. The van der Waals surface area contributed by atoms with Crippen molar-refractivity contribution in [3.8, 4) is 0 Å². The first-order valence-electron chi connectivity index (χ1n) is 11.3. The van der Waals surface area contributed by atoms with Gasteiger partial charge in [0.25, 0.3) is 0 Å². The molecule has 5 heteroatoms. The first-order chi connectivity index (χ1) is 14.7. The number of benzene rings is 3. The van der Waals surface area contributed by atoms with Gasteiger partial charge in [0.1, 0.15) is 0 Å². The Hall–Kier alpha value is -1.42. The van der Waals surface area contributed by atoms with Crippen LogP contribution in [0.25, 0.3) is 0 Å². The predicted molar refractivity (Wildman–Crippen MR) is 131 cm³/mol. The summed E-state index contributed by atoms with van der Waals surface area (Å²) in [5, 5.41) is 3.69. The van der Waals surface area contributed by atoms with E-state index < -0.39 is 0 Å². The summed E-state index contributed by atoms with van der Waals surface area (Å²) in [5.74, 6) is 0. The molecule has 180 valence electrons. The van der Waals surface area contributed by atoms with E-state index in [1.165, 1.54) is 33.5 Å². The number of halogens is 2. The maximum absolute atomic E-state index is 4.89. The average molecular weight is 617 g/mol. The second-order valence-electron chi connectivity index (χ2n) is 7.65. The van der Waals surface area contributed by atoms with Crippen molar-refractivity contribution in [2.75, 3.05) is 5.32 Å². The monoisotopic (exact) mass is 614 g/mol. The molecule has 3 rings (SSSR count). The van der Waals surface area contributed by atoms with Crippen LogP contribution in [0.15, 0.2) is 65.7 Å². The zero-order valence-electron chi connectivity index (χ0n) is 19.9. The van der Waals surface area contributed by atoms with Crippen LogP contribution in [0.3, 0.4) is 0 Å². The molecule has 0 saturated carbocycles. The summed E-state index contributed by atoms with van der Waals surface area (Å²) in [6, 6.07) is 21.8. The molecule has 0 unspecified atom stereocenters. The number of aliphatic imine (C=N–C) groups is 1. The number of rotatable bonds is 9. The van der Waals surface area contributed by atoms with Crippen molar-refractivity contribution in [3.63, 3.8) is 0 Å². The van der Waals surface area contributed by atoms with Gasteiger partial charge in [-0.2, -0.15) is 0 Å². The molecule has 0 amide bonds. The molecule has 0 heterocycles. The van der Waals surface area contributed by atoms with Crippen LogP contribution < -0.4 is 39.3 Å². The fraction of sp³-hybridized carbons (Fsp3) is 0.321. The fourth-order valence-electron chi connectivity index (χ4n) is 3.96. The van der Waals surface area contributed by atoms with Gasteiger partial charge in [0.05, 0.1) is 5.69 Å². The Morgan fingerprint density at radius 2 is 1.18 bits per heavy atom. The number of hydrogen-bond donors (Lipinski definition) is 1. The molecule has 0 saturated heterocycles. The van der Waals surface area contributed by atoms with Crippen LogP contribution in [0.1, 0.15) is 61.1 Å². The molecule has 0 atom stereocenters. The molecule has 0 aliphatic rings. The van der Waals surface area contributed by atoms with E-state index in [2.05, 4.69) is 93.7 Å². The van der Waals surface area contributed by atoms with Gasteiger partial charge in [-0.05, 0) is 65.1 Å². The van der Waals surface area contributed by atoms with Gasteiger partial charge in [-0.1, -0.05) is 82.3 Å². The first kappa shape index (κ1) is 31.6. The van der Waals surface area contributed by atoms with Gasteiger partial charge < -0.3 is 39.3 Å². The molecule has 0 fully saturated rings. The summed E-state index contributed by atoms with van der Waals surface area (Å²) in [6.45, 7) is 9.64. The Bertz CT molecular complexity index is 974. The van der Waals surface area contributed by atoms with Gasteiger partial charge in [0.2, 0.25) is 0 Å². The van der Waals surface area contributed by atoms with Crippen LogP contribution in [0.2, 0.25) is 0 Å². The van der Waals surface area contributed by atoms with Gasteiger partial charge in [-0.25, -0.2) is 0 Å². The minimum atomic E-state index is 0. The third-order valence-electron chi connectivity index (χ3n) is 5.73. The standard InChI is InChI=1S/C28H34N2.2BrH.Ni/c1-5-23-14-10-15-24(6-2)27(23)29-19-21-12-9-13-22(18-21)20-30-28-25(7-3)16-11-17-26(28)8-4;;;/h9-19,30H,5-8,20H2,1-4H3;2*1H;/q;;;+2/p-2. The van der Waals surface area contributed by atoms with Crippen LogP contribution in [-0.4, -0.2) is 6.21 Å². The van der Waals surface area contributed by atoms with Crippen molar-refractivity contribution in [2.45, 2.75) is 59.9 Å². The van der Waals surface area contributed by atoms with E-state index >= 15 is 0 Å². The molecule has 1 N–H and O–H groups in total. The molecule has 3 aromatic carbocycles. The molecule has 33 heavy (non-hydrogen) atoms. The van der Waals surface area contributed by atoms with E-state index in [0.29, 0.717) is 0 Å². The number of hydrogen-bond acceptors (Lipinski definition) is 2. The van der Waals surface area contributed by atoms with Crippen molar-refractivity contribution >= 4 is 17.6 Å². The van der Waals surface area contributed by atoms with Gasteiger partial charge >= 0.3 is 16.5 Å². The molecule has 0 bridgehead atoms. The third kappa shape index (κ3) is 8.39. The number of nitrogens with zero attached hydrogens (tertiary/aromatic N) is 1. The van der Waals surface area contributed by atoms with Crippen molar-refractivity contribution in [2.24, 2.45) is 4.99 Å². The van der Waals surface area contributed by atoms with E-state index in [4.69, 9.17) is 4.99 Å². The fourth-order valence-corrected chi connectivity index (χ4v) is 3.96. The van der Waals surface area contributed by atoms with Crippen molar-refractivity contribution in [1.82, 2.24) is 0 Å². The molecular formula is C28H34Br2N2Ni. The first-order valence-corrected chi connectivity index (χ1v) is 11.3. The number of para-hydroxylation sites is 2. The van der Waals surface area contributed by atoms with E-state index in [1.807, 2.05) is 6.21 Å². The van der Waals surface area contributed by atoms with Crippen LogP contribution in [0.4, 0.5) is 11.4 Å². The number of aryl methyl sites for hydroxylation is 4. The van der Waals surface area contributed by atoms with Crippen LogP contribution in [0, 0.1) is 0 Å². The quantitative estimate of drug-likeness (QED) is 0.285. The second-order valence-corrected chi connectivity index (χ2v) is 7.65. The van der Waals surface area contributed by atoms with Crippen LogP contribution in [0.5, 0.6) is 0 Å². The maximum atomic E-state index is 4.89. The number of nitrogens with one attached hydrogen (secondary N) is 1. The molecule has 0 aliphatic carbocycles. The van der Waals surface area contributed by atoms with Crippen molar-refractivity contribution in [1.29, 1.82) is 0 Å². The second kappa shape index (κ2) is 16.3. The van der Waals surface area contributed by atoms with Crippen LogP contribution in [-0.2, 0) is 48.7 Å². The molecule has 0 radical (unpaired) electrons. The smallest absolute Gasteiger partial charge is 1.00 e. The molecule has 3 aromatic rings. The molecule has 0 aromatic heterocycles. The minimum absolute atomic E-state index is 0. The summed E-state index contributed by atoms with van der Waals surface area (Å²) in [4.78, 5) is 4.89. The van der Waals surface area contributed by atoms with Crippen molar-refractivity contribution < 1.29 is 50.5 Å². The van der Waals surface area contributed by atoms with Gasteiger partial charge in [-0.15, -0.1) is 0 Å². The van der Waals surface area contributed by atoms with E-state index in [1.54, 1.807) is 0 Å². The summed E-state index contributed by atoms with van der Waals surface area (Å²) in [5.41, 5.74) is 10.2. The zero-order chi connectivity index (χ0) is 21.3. The predicted octanol–water partition coefficient (Wildman–Crippen LogP) is 1.30. The Morgan fingerprint density at radius 3 is 1.70 bits per heavy atom. The van der Waals surface area contributed by atoms with Gasteiger partial charge in [-0.3, -0.25) is 4.99 Å². The van der Waals surface area contributed by atoms with E-state index in [0.717, 1.165) is 43.5 Å². The number of anilines is 1. The van der Waals surface area contributed by atoms with Gasteiger partial charge in [0.15, 0.2) is 0 Å². The maximum Gasteiger partial charge on any atom is 2.00 e. The molecule has 0 aliphatic heterocycles. The molecule has 2 nitrogen and oxygen atoms in total. The van der Waals surface area contributed by atoms with Gasteiger partial charge in [0, 0.05) is 18.4 Å².